The van der Waals surface area contributed by atoms with Crippen molar-refractivity contribution in [3.05, 3.63) is 0 Å². The lowest BCUT2D eigenvalue weighted by atomic mass is 9.89. The van der Waals surface area contributed by atoms with Crippen molar-refractivity contribution >= 4 is 5.97 Å². The van der Waals surface area contributed by atoms with Gasteiger partial charge in [0.2, 0.25) is 0 Å². The highest BCUT2D eigenvalue weighted by Crippen LogP contribution is 2.18. The Balaban J connectivity index is 4.00. The van der Waals surface area contributed by atoms with Gasteiger partial charge in [-0.25, -0.2) is 4.79 Å². The van der Waals surface area contributed by atoms with E-state index in [9.17, 15) is 4.79 Å². The predicted octanol–water partition coefficient (Wildman–Crippen LogP) is 1.11. The molecule has 0 bridgehead atoms. The quantitative estimate of drug-likeness (QED) is 0.647. The summed E-state index contributed by atoms with van der Waals surface area (Å²) in [6.45, 7) is 5.68. The summed E-state index contributed by atoms with van der Waals surface area (Å²) in [6, 6.07) is 0. The molecule has 0 aromatic rings. The first-order valence-corrected chi connectivity index (χ1v) is 3.91. The molecule has 0 amide bonds. The number of carboxylic acid groups (broad SMARTS) is 1. The van der Waals surface area contributed by atoms with Crippen LogP contribution in [0.2, 0.25) is 0 Å². The van der Waals surface area contributed by atoms with E-state index in [-0.39, 0.29) is 11.8 Å². The van der Waals surface area contributed by atoms with Gasteiger partial charge in [-0.1, -0.05) is 27.2 Å². The fraction of sp³-hybridized carbons (Fsp3) is 0.875. The molecule has 11 heavy (non-hydrogen) atoms. The predicted molar refractivity (Wildman–Crippen MR) is 42.3 cm³/mol. The van der Waals surface area contributed by atoms with E-state index in [4.69, 9.17) is 10.2 Å². The molecule has 0 aromatic carbocycles. The highest BCUT2D eigenvalue weighted by atomic mass is 16.4. The Hall–Kier alpha value is -0.570. The zero-order valence-electron chi connectivity index (χ0n) is 7.24. The Bertz CT molecular complexity index is 133. The van der Waals surface area contributed by atoms with Crippen LogP contribution in [0.4, 0.5) is 0 Å². The van der Waals surface area contributed by atoms with Crippen molar-refractivity contribution in [1.82, 2.24) is 0 Å². The number of hydrogen-bond acceptors (Lipinski definition) is 2. The standard InChI is InChI=1S/C8H16O3/c1-4-5(2)6(3)7(9)8(10)11/h5-7,9H,4H2,1-3H3,(H,10,11)/t5-,6-,7+/m1/s1. The van der Waals surface area contributed by atoms with Crippen LogP contribution in [0.15, 0.2) is 0 Å². The molecule has 0 aliphatic heterocycles. The smallest absolute Gasteiger partial charge is 0.332 e. The number of carbonyl (C=O) groups is 1. The van der Waals surface area contributed by atoms with Gasteiger partial charge in [-0.05, 0) is 11.8 Å². The van der Waals surface area contributed by atoms with Crippen LogP contribution in [0.25, 0.3) is 0 Å². The van der Waals surface area contributed by atoms with Crippen molar-refractivity contribution in [2.45, 2.75) is 33.3 Å². The van der Waals surface area contributed by atoms with Gasteiger partial charge in [0.25, 0.3) is 0 Å². The van der Waals surface area contributed by atoms with Gasteiger partial charge in [0.15, 0.2) is 6.10 Å². The first-order chi connectivity index (χ1) is 5.00. The first-order valence-electron chi connectivity index (χ1n) is 3.91. The molecule has 0 fully saturated rings. The number of carboxylic acids is 1. The van der Waals surface area contributed by atoms with Crippen molar-refractivity contribution in [2.75, 3.05) is 0 Å². The lowest BCUT2D eigenvalue weighted by Gasteiger charge is -2.20. The van der Waals surface area contributed by atoms with Crippen LogP contribution in [0.5, 0.6) is 0 Å². The van der Waals surface area contributed by atoms with Crippen molar-refractivity contribution in [3.63, 3.8) is 0 Å². The van der Waals surface area contributed by atoms with Crippen LogP contribution in [0, 0.1) is 11.8 Å². The zero-order chi connectivity index (χ0) is 9.02. The van der Waals surface area contributed by atoms with E-state index in [1.807, 2.05) is 13.8 Å². The molecule has 3 heteroatoms. The minimum Gasteiger partial charge on any atom is -0.479 e. The molecule has 0 aromatic heterocycles. The highest BCUT2D eigenvalue weighted by Gasteiger charge is 2.25. The van der Waals surface area contributed by atoms with Gasteiger partial charge in [-0.15, -0.1) is 0 Å². The van der Waals surface area contributed by atoms with Crippen molar-refractivity contribution in [3.8, 4) is 0 Å². The fourth-order valence-electron chi connectivity index (χ4n) is 0.908. The Kier molecular flexibility index (Phi) is 4.11. The second-order valence-electron chi connectivity index (χ2n) is 3.03. The maximum Gasteiger partial charge on any atom is 0.332 e. The maximum atomic E-state index is 10.3. The largest absolute Gasteiger partial charge is 0.479 e. The number of aliphatic hydroxyl groups is 1. The van der Waals surface area contributed by atoms with Gasteiger partial charge >= 0.3 is 5.97 Å². The van der Waals surface area contributed by atoms with Crippen LogP contribution >= 0.6 is 0 Å². The van der Waals surface area contributed by atoms with Crippen molar-refractivity contribution < 1.29 is 15.0 Å². The SMILES string of the molecule is CC[C@@H](C)[C@@H](C)[C@H](O)C(=O)O. The number of aliphatic carboxylic acids is 1. The summed E-state index contributed by atoms with van der Waals surface area (Å²) < 4.78 is 0. The number of hydrogen-bond donors (Lipinski definition) is 2. The third-order valence-corrected chi connectivity index (χ3v) is 2.29. The molecule has 66 valence electrons. The third-order valence-electron chi connectivity index (χ3n) is 2.29. The van der Waals surface area contributed by atoms with E-state index < -0.39 is 12.1 Å². The average Bonchev–Trinajstić information content (AvgIpc) is 2.00. The molecule has 0 aliphatic carbocycles. The molecule has 0 radical (unpaired) electrons. The zero-order valence-corrected chi connectivity index (χ0v) is 7.24. The van der Waals surface area contributed by atoms with E-state index in [1.165, 1.54) is 0 Å². The Morgan fingerprint density at radius 3 is 2.18 bits per heavy atom. The minimum absolute atomic E-state index is 0.169. The molecule has 0 saturated carbocycles. The molecular formula is C8H16O3. The molecule has 0 aliphatic rings. The van der Waals surface area contributed by atoms with Crippen LogP contribution in [0.3, 0.4) is 0 Å². The Labute approximate surface area is 67.0 Å². The summed E-state index contributed by atoms with van der Waals surface area (Å²) in [5.74, 6) is -1.04. The van der Waals surface area contributed by atoms with Crippen molar-refractivity contribution in [2.24, 2.45) is 11.8 Å². The molecule has 0 heterocycles. The molecule has 2 N–H and O–H groups in total. The van der Waals surface area contributed by atoms with Gasteiger partial charge in [-0.2, -0.15) is 0 Å². The van der Waals surface area contributed by atoms with Gasteiger partial charge in [0.05, 0.1) is 0 Å². The summed E-state index contributed by atoms with van der Waals surface area (Å²) in [6.07, 6.45) is -0.323. The molecule has 0 rings (SSSR count). The van der Waals surface area contributed by atoms with Gasteiger partial charge in [0.1, 0.15) is 0 Å². The first kappa shape index (κ1) is 10.4. The van der Waals surface area contributed by atoms with E-state index >= 15 is 0 Å². The van der Waals surface area contributed by atoms with Crippen LogP contribution in [-0.4, -0.2) is 22.3 Å². The Morgan fingerprint density at radius 2 is 1.91 bits per heavy atom. The summed E-state index contributed by atoms with van der Waals surface area (Å²) in [7, 11) is 0. The Morgan fingerprint density at radius 1 is 1.45 bits per heavy atom. The highest BCUT2D eigenvalue weighted by molar-refractivity contribution is 5.72. The van der Waals surface area contributed by atoms with Crippen LogP contribution in [0.1, 0.15) is 27.2 Å². The van der Waals surface area contributed by atoms with Crippen molar-refractivity contribution in [1.29, 1.82) is 0 Å². The second-order valence-corrected chi connectivity index (χ2v) is 3.03. The van der Waals surface area contributed by atoms with Gasteiger partial charge in [0, 0.05) is 0 Å². The molecule has 0 spiro atoms. The van der Waals surface area contributed by atoms with E-state index in [0.29, 0.717) is 0 Å². The van der Waals surface area contributed by atoms with Gasteiger partial charge < -0.3 is 10.2 Å². The van der Waals surface area contributed by atoms with Crippen LogP contribution in [-0.2, 0) is 4.79 Å². The third kappa shape index (κ3) is 2.89. The molecule has 0 saturated heterocycles. The van der Waals surface area contributed by atoms with E-state index in [1.54, 1.807) is 6.92 Å². The molecular weight excluding hydrogens is 144 g/mol. The molecule has 0 unspecified atom stereocenters. The average molecular weight is 160 g/mol. The fourth-order valence-corrected chi connectivity index (χ4v) is 0.908. The normalized spacial score (nSPS) is 18.9. The van der Waals surface area contributed by atoms with Gasteiger partial charge in [-0.3, -0.25) is 0 Å². The molecule has 3 atom stereocenters. The summed E-state index contributed by atoms with van der Waals surface area (Å²) in [4.78, 5) is 10.3. The summed E-state index contributed by atoms with van der Waals surface area (Å²) >= 11 is 0. The molecule has 3 nitrogen and oxygen atoms in total. The monoisotopic (exact) mass is 160 g/mol. The lowest BCUT2D eigenvalue weighted by Crippen LogP contribution is -2.31. The number of aliphatic hydroxyl groups excluding tert-OH is 1. The van der Waals surface area contributed by atoms with Crippen LogP contribution < -0.4 is 0 Å². The summed E-state index contributed by atoms with van der Waals surface area (Å²) in [5, 5.41) is 17.5. The second kappa shape index (κ2) is 4.34. The minimum atomic E-state index is -1.22. The van der Waals surface area contributed by atoms with E-state index in [0.717, 1.165) is 6.42 Å². The topological polar surface area (TPSA) is 57.5 Å². The lowest BCUT2D eigenvalue weighted by molar-refractivity contribution is -0.150. The van der Waals surface area contributed by atoms with E-state index in [2.05, 4.69) is 0 Å². The number of rotatable bonds is 4. The maximum absolute atomic E-state index is 10.3. The summed E-state index contributed by atoms with van der Waals surface area (Å²) in [5.41, 5.74) is 0.